The smallest absolute Gasteiger partial charge is 0.262 e. The summed E-state index contributed by atoms with van der Waals surface area (Å²) in [6, 6.07) is 11.5. The molecule has 0 spiro atoms. The maximum atomic E-state index is 13.9. The number of halogens is 2. The van der Waals surface area contributed by atoms with E-state index >= 15 is 0 Å². The third-order valence-corrected chi connectivity index (χ3v) is 4.56. The number of carbonyl (C=O) groups is 1. The van der Waals surface area contributed by atoms with Crippen LogP contribution in [0.4, 0.5) is 4.39 Å². The molecule has 0 aliphatic heterocycles. The number of benzene rings is 2. The Morgan fingerprint density at radius 1 is 1.36 bits per heavy atom. The average molecular weight is 401 g/mol. The van der Waals surface area contributed by atoms with Crippen LogP contribution in [0.1, 0.15) is 24.0 Å². The predicted molar refractivity (Wildman–Crippen MR) is 103 cm³/mol. The number of nitrogens with one attached hydrogen (secondary N) is 1. The maximum absolute atomic E-state index is 13.9. The average Bonchev–Trinajstić information content (AvgIpc) is 3.50. The summed E-state index contributed by atoms with van der Waals surface area (Å²) in [6.07, 6.45) is 3.37. The van der Waals surface area contributed by atoms with Gasteiger partial charge in [0.1, 0.15) is 24.1 Å². The summed E-state index contributed by atoms with van der Waals surface area (Å²) in [4.78, 5) is 12.1. The van der Waals surface area contributed by atoms with Crippen molar-refractivity contribution >= 4 is 23.6 Å². The largest absolute Gasteiger partial charge is 0.493 e. The quantitative estimate of drug-likeness (QED) is 0.557. The third kappa shape index (κ3) is 4.81. The maximum Gasteiger partial charge on any atom is 0.262 e. The van der Waals surface area contributed by atoms with Crippen LogP contribution < -0.4 is 14.8 Å². The van der Waals surface area contributed by atoms with Gasteiger partial charge in [0, 0.05) is 11.6 Å². The molecule has 2 aromatic rings. The van der Waals surface area contributed by atoms with E-state index in [1.54, 1.807) is 24.3 Å². The Bertz CT molecular complexity index is 944. The van der Waals surface area contributed by atoms with Crippen LogP contribution in [0.15, 0.2) is 42.0 Å². The van der Waals surface area contributed by atoms with E-state index in [9.17, 15) is 14.4 Å². The summed E-state index contributed by atoms with van der Waals surface area (Å²) >= 11 is 6.01. The lowest BCUT2D eigenvalue weighted by molar-refractivity contribution is -0.117. The molecular weight excluding hydrogens is 383 g/mol. The number of methoxy groups -OCH3 is 1. The Morgan fingerprint density at radius 3 is 2.79 bits per heavy atom. The normalized spacial score (nSPS) is 13.6. The molecule has 1 N–H and O–H groups in total. The molecule has 0 bridgehead atoms. The highest BCUT2D eigenvalue weighted by atomic mass is 35.5. The number of carbonyl (C=O) groups excluding carboxylic acids is 1. The molecule has 1 aliphatic carbocycles. The molecule has 0 saturated heterocycles. The summed E-state index contributed by atoms with van der Waals surface area (Å²) in [6.45, 7) is -0.0652. The minimum absolute atomic E-state index is 0.0146. The molecule has 5 nitrogen and oxygen atoms in total. The molecule has 0 aromatic heterocycles. The van der Waals surface area contributed by atoms with Crippen molar-refractivity contribution in [3.8, 4) is 17.6 Å². The van der Waals surface area contributed by atoms with Gasteiger partial charge in [0.15, 0.2) is 11.5 Å². The molecule has 7 heteroatoms. The molecule has 0 radical (unpaired) electrons. The topological polar surface area (TPSA) is 71.3 Å². The summed E-state index contributed by atoms with van der Waals surface area (Å²) in [7, 11) is 1.47. The summed E-state index contributed by atoms with van der Waals surface area (Å²) in [5.74, 6) is -0.0640. The zero-order valence-electron chi connectivity index (χ0n) is 15.2. The van der Waals surface area contributed by atoms with Gasteiger partial charge in [0.05, 0.1) is 12.1 Å². The van der Waals surface area contributed by atoms with Crippen LogP contribution in [0.2, 0.25) is 5.02 Å². The molecule has 0 atom stereocenters. The van der Waals surface area contributed by atoms with Crippen LogP contribution in [-0.4, -0.2) is 19.1 Å². The van der Waals surface area contributed by atoms with Crippen LogP contribution in [-0.2, 0) is 11.4 Å². The van der Waals surface area contributed by atoms with E-state index < -0.39 is 11.7 Å². The van der Waals surface area contributed by atoms with Gasteiger partial charge in [0.2, 0.25) is 0 Å². The second kappa shape index (κ2) is 8.77. The molecule has 3 rings (SSSR count). The van der Waals surface area contributed by atoms with Crippen molar-refractivity contribution in [1.29, 1.82) is 5.26 Å². The zero-order chi connectivity index (χ0) is 20.1. The fraction of sp³-hybridized carbons (Fsp3) is 0.238. The first-order valence-corrected chi connectivity index (χ1v) is 9.06. The summed E-state index contributed by atoms with van der Waals surface area (Å²) < 4.78 is 24.9. The van der Waals surface area contributed by atoms with E-state index in [1.165, 1.54) is 25.3 Å². The molecule has 1 amide bonds. The summed E-state index contributed by atoms with van der Waals surface area (Å²) in [5, 5.41) is 12.3. The molecule has 1 aliphatic rings. The fourth-order valence-electron chi connectivity index (χ4n) is 2.52. The molecule has 144 valence electrons. The summed E-state index contributed by atoms with van der Waals surface area (Å²) in [5.41, 5.74) is 0.870. The van der Waals surface area contributed by atoms with Gasteiger partial charge in [-0.2, -0.15) is 5.26 Å². The first kappa shape index (κ1) is 19.7. The van der Waals surface area contributed by atoms with Crippen molar-refractivity contribution in [3.05, 3.63) is 63.9 Å². The Labute approximate surface area is 167 Å². The lowest BCUT2D eigenvalue weighted by Crippen LogP contribution is -2.26. The van der Waals surface area contributed by atoms with Crippen molar-refractivity contribution in [1.82, 2.24) is 5.32 Å². The molecule has 1 saturated carbocycles. The van der Waals surface area contributed by atoms with E-state index in [2.05, 4.69) is 5.32 Å². The number of nitrogens with zero attached hydrogens (tertiary/aromatic N) is 1. The minimum atomic E-state index is -0.452. The SMILES string of the molecule is COc1cc(/C=C(\C#N)C(=O)NC2CC2)ccc1OCc1c(F)cccc1Cl. The molecule has 2 aromatic carbocycles. The second-order valence-corrected chi connectivity index (χ2v) is 6.72. The van der Waals surface area contributed by atoms with Crippen molar-refractivity contribution in [2.24, 2.45) is 0 Å². The predicted octanol–water partition coefficient (Wildman–Crippen LogP) is 4.25. The van der Waals surface area contributed by atoms with Gasteiger partial charge in [-0.05, 0) is 48.7 Å². The van der Waals surface area contributed by atoms with Gasteiger partial charge in [-0.15, -0.1) is 0 Å². The third-order valence-electron chi connectivity index (χ3n) is 4.21. The van der Waals surface area contributed by atoms with E-state index in [4.69, 9.17) is 21.1 Å². The van der Waals surface area contributed by atoms with Crippen LogP contribution in [0.3, 0.4) is 0 Å². The minimum Gasteiger partial charge on any atom is -0.493 e. The van der Waals surface area contributed by atoms with Crippen LogP contribution >= 0.6 is 11.6 Å². The molecular formula is C21H18ClFN2O3. The van der Waals surface area contributed by atoms with Crippen molar-refractivity contribution < 1.29 is 18.7 Å². The van der Waals surface area contributed by atoms with Crippen LogP contribution in [0.25, 0.3) is 6.08 Å². The lowest BCUT2D eigenvalue weighted by Gasteiger charge is -2.13. The molecule has 1 fully saturated rings. The van der Waals surface area contributed by atoms with Crippen molar-refractivity contribution in [3.63, 3.8) is 0 Å². The second-order valence-electron chi connectivity index (χ2n) is 6.32. The Morgan fingerprint density at radius 2 is 2.14 bits per heavy atom. The molecule has 0 heterocycles. The Balaban J connectivity index is 1.77. The van der Waals surface area contributed by atoms with Gasteiger partial charge in [-0.1, -0.05) is 23.7 Å². The first-order valence-electron chi connectivity index (χ1n) is 8.68. The number of amides is 1. The van der Waals surface area contributed by atoms with Gasteiger partial charge in [-0.25, -0.2) is 4.39 Å². The number of hydrogen-bond donors (Lipinski definition) is 1. The van der Waals surface area contributed by atoms with E-state index in [-0.39, 0.29) is 28.8 Å². The highest BCUT2D eigenvalue weighted by Gasteiger charge is 2.24. The lowest BCUT2D eigenvalue weighted by atomic mass is 10.1. The van der Waals surface area contributed by atoms with E-state index in [1.807, 2.05) is 6.07 Å². The van der Waals surface area contributed by atoms with Gasteiger partial charge in [0.25, 0.3) is 5.91 Å². The molecule has 0 unspecified atom stereocenters. The zero-order valence-corrected chi connectivity index (χ0v) is 15.9. The molecule has 28 heavy (non-hydrogen) atoms. The number of rotatable bonds is 7. The Kier molecular flexibility index (Phi) is 6.17. The monoisotopic (exact) mass is 400 g/mol. The number of hydrogen-bond acceptors (Lipinski definition) is 4. The van der Waals surface area contributed by atoms with Gasteiger partial charge >= 0.3 is 0 Å². The van der Waals surface area contributed by atoms with Crippen LogP contribution in [0.5, 0.6) is 11.5 Å². The van der Waals surface area contributed by atoms with E-state index in [0.29, 0.717) is 17.1 Å². The highest BCUT2D eigenvalue weighted by molar-refractivity contribution is 6.31. The van der Waals surface area contributed by atoms with Crippen molar-refractivity contribution in [2.75, 3.05) is 7.11 Å². The van der Waals surface area contributed by atoms with Gasteiger partial charge in [-0.3, -0.25) is 4.79 Å². The number of nitriles is 1. The number of ether oxygens (including phenoxy) is 2. The van der Waals surface area contributed by atoms with Crippen molar-refractivity contribution in [2.45, 2.75) is 25.5 Å². The first-order chi connectivity index (χ1) is 13.5. The Hall–Kier alpha value is -3.04. The van der Waals surface area contributed by atoms with Crippen LogP contribution in [0, 0.1) is 17.1 Å². The standard InChI is InChI=1S/C21H18ClFN2O3/c1-27-20-10-13(9-14(11-24)21(26)25-15-6-7-15)5-8-19(20)28-12-16-17(22)3-2-4-18(16)23/h2-5,8-10,15H,6-7,12H2,1H3,(H,25,26)/b14-9+. The van der Waals surface area contributed by atoms with E-state index in [0.717, 1.165) is 12.8 Å². The fourth-order valence-corrected chi connectivity index (χ4v) is 2.74. The highest BCUT2D eigenvalue weighted by Crippen LogP contribution is 2.31. The van der Waals surface area contributed by atoms with Gasteiger partial charge < -0.3 is 14.8 Å².